The SMILES string of the molecule is N#Cc1cc(F)c(CNc2c(Cl)cc(F)cc2Cl)c(F)c1. The van der Waals surface area contributed by atoms with E-state index in [1.54, 1.807) is 6.07 Å². The lowest BCUT2D eigenvalue weighted by Crippen LogP contribution is -2.06. The number of hydrogen-bond donors (Lipinski definition) is 1. The van der Waals surface area contributed by atoms with E-state index in [-0.39, 0.29) is 33.4 Å². The Morgan fingerprint density at radius 2 is 1.52 bits per heavy atom. The Hall–Kier alpha value is -1.90. The molecular weight excluding hydrogens is 324 g/mol. The summed E-state index contributed by atoms with van der Waals surface area (Å²) in [7, 11) is 0. The molecule has 0 spiro atoms. The molecule has 0 aliphatic carbocycles. The minimum atomic E-state index is -0.867. The van der Waals surface area contributed by atoms with Crippen LogP contribution in [0.3, 0.4) is 0 Å². The van der Waals surface area contributed by atoms with Crippen molar-refractivity contribution < 1.29 is 13.2 Å². The second-order valence-electron chi connectivity index (χ2n) is 4.13. The number of nitriles is 1. The third-order valence-electron chi connectivity index (χ3n) is 2.72. The van der Waals surface area contributed by atoms with E-state index in [4.69, 9.17) is 28.5 Å². The van der Waals surface area contributed by atoms with Crippen molar-refractivity contribution in [3.63, 3.8) is 0 Å². The van der Waals surface area contributed by atoms with E-state index in [1.165, 1.54) is 0 Å². The minimum absolute atomic E-state index is 0.00513. The highest BCUT2D eigenvalue weighted by Crippen LogP contribution is 2.32. The van der Waals surface area contributed by atoms with E-state index in [2.05, 4.69) is 5.32 Å². The number of anilines is 1. The molecule has 0 fully saturated rings. The Morgan fingerprint density at radius 3 is 2.00 bits per heavy atom. The van der Waals surface area contributed by atoms with Gasteiger partial charge in [-0.2, -0.15) is 5.26 Å². The van der Waals surface area contributed by atoms with Crippen LogP contribution in [0.15, 0.2) is 24.3 Å². The van der Waals surface area contributed by atoms with Crippen LogP contribution in [0.2, 0.25) is 10.0 Å². The van der Waals surface area contributed by atoms with Crippen LogP contribution in [0.5, 0.6) is 0 Å². The van der Waals surface area contributed by atoms with Crippen molar-refractivity contribution >= 4 is 28.9 Å². The first-order valence-corrected chi connectivity index (χ1v) is 6.44. The molecule has 0 radical (unpaired) electrons. The van der Waals surface area contributed by atoms with Crippen LogP contribution >= 0.6 is 23.2 Å². The Bertz CT molecular complexity index is 695. The first-order chi connectivity index (χ1) is 9.92. The van der Waals surface area contributed by atoms with Crippen molar-refractivity contribution in [2.75, 3.05) is 5.32 Å². The summed E-state index contributed by atoms with van der Waals surface area (Å²) in [6.45, 7) is -0.256. The summed E-state index contributed by atoms with van der Waals surface area (Å²) in [6.07, 6.45) is 0. The molecule has 0 aliphatic heterocycles. The van der Waals surface area contributed by atoms with Crippen molar-refractivity contribution in [1.29, 1.82) is 5.26 Å². The molecule has 0 saturated carbocycles. The van der Waals surface area contributed by atoms with E-state index in [9.17, 15) is 13.2 Å². The summed E-state index contributed by atoms with van der Waals surface area (Å²) in [5.41, 5.74) is -0.222. The fourth-order valence-corrected chi connectivity index (χ4v) is 2.32. The van der Waals surface area contributed by atoms with E-state index in [0.717, 1.165) is 24.3 Å². The van der Waals surface area contributed by atoms with Crippen LogP contribution in [0.4, 0.5) is 18.9 Å². The monoisotopic (exact) mass is 330 g/mol. The lowest BCUT2D eigenvalue weighted by atomic mass is 10.1. The summed E-state index contributed by atoms with van der Waals surface area (Å²) in [5.74, 6) is -2.35. The Kier molecular flexibility index (Phi) is 4.61. The number of rotatable bonds is 3. The van der Waals surface area contributed by atoms with Gasteiger partial charge in [0.2, 0.25) is 0 Å². The van der Waals surface area contributed by atoms with Crippen LogP contribution in [0, 0.1) is 28.8 Å². The Balaban J connectivity index is 2.28. The molecule has 0 aliphatic rings. The van der Waals surface area contributed by atoms with Crippen LogP contribution in [0.25, 0.3) is 0 Å². The molecule has 2 nitrogen and oxygen atoms in total. The largest absolute Gasteiger partial charge is 0.378 e. The topological polar surface area (TPSA) is 35.8 Å². The van der Waals surface area contributed by atoms with Gasteiger partial charge in [0, 0.05) is 12.1 Å². The number of hydrogen-bond acceptors (Lipinski definition) is 2. The second kappa shape index (κ2) is 6.25. The van der Waals surface area contributed by atoms with Gasteiger partial charge in [-0.3, -0.25) is 0 Å². The maximum absolute atomic E-state index is 13.7. The first-order valence-electron chi connectivity index (χ1n) is 5.69. The summed E-state index contributed by atoms with van der Waals surface area (Å²) < 4.78 is 40.5. The third-order valence-corrected chi connectivity index (χ3v) is 3.32. The molecule has 21 heavy (non-hydrogen) atoms. The van der Waals surface area contributed by atoms with E-state index < -0.39 is 17.5 Å². The van der Waals surface area contributed by atoms with Gasteiger partial charge < -0.3 is 5.32 Å². The zero-order chi connectivity index (χ0) is 15.6. The number of halogens is 5. The van der Waals surface area contributed by atoms with Gasteiger partial charge in [0.25, 0.3) is 0 Å². The third kappa shape index (κ3) is 3.41. The molecule has 0 amide bonds. The zero-order valence-corrected chi connectivity index (χ0v) is 11.9. The highest BCUT2D eigenvalue weighted by molar-refractivity contribution is 6.39. The molecular formula is C14H7Cl2F3N2. The summed E-state index contributed by atoms with van der Waals surface area (Å²) >= 11 is 11.6. The van der Waals surface area contributed by atoms with Crippen LogP contribution < -0.4 is 5.32 Å². The lowest BCUT2D eigenvalue weighted by Gasteiger charge is -2.12. The maximum atomic E-state index is 13.7. The van der Waals surface area contributed by atoms with Gasteiger partial charge in [0.1, 0.15) is 17.5 Å². The molecule has 0 unspecified atom stereocenters. The smallest absolute Gasteiger partial charge is 0.132 e. The second-order valence-corrected chi connectivity index (χ2v) is 4.94. The molecule has 2 aromatic carbocycles. The maximum Gasteiger partial charge on any atom is 0.132 e. The van der Waals surface area contributed by atoms with Gasteiger partial charge in [-0.05, 0) is 24.3 Å². The minimum Gasteiger partial charge on any atom is -0.378 e. The molecule has 2 rings (SSSR count). The van der Waals surface area contributed by atoms with E-state index in [0.29, 0.717) is 0 Å². The quantitative estimate of drug-likeness (QED) is 0.869. The molecule has 0 saturated heterocycles. The average molecular weight is 331 g/mol. The lowest BCUT2D eigenvalue weighted by molar-refractivity contribution is 0.559. The summed E-state index contributed by atoms with van der Waals surface area (Å²) in [4.78, 5) is 0. The Morgan fingerprint density at radius 1 is 1.00 bits per heavy atom. The first kappa shape index (κ1) is 15.5. The normalized spacial score (nSPS) is 10.3. The number of benzene rings is 2. The van der Waals surface area contributed by atoms with Crippen molar-refractivity contribution in [2.45, 2.75) is 6.54 Å². The highest BCUT2D eigenvalue weighted by Gasteiger charge is 2.13. The fourth-order valence-electron chi connectivity index (χ4n) is 1.72. The number of nitrogens with one attached hydrogen (secondary N) is 1. The summed E-state index contributed by atoms with van der Waals surface area (Å²) in [6, 6.07) is 5.56. The highest BCUT2D eigenvalue weighted by atomic mass is 35.5. The van der Waals surface area contributed by atoms with Crippen molar-refractivity contribution in [2.24, 2.45) is 0 Å². The van der Waals surface area contributed by atoms with Crippen LogP contribution in [-0.2, 0) is 6.54 Å². The predicted molar refractivity (Wildman–Crippen MR) is 74.8 cm³/mol. The van der Waals surface area contributed by atoms with Gasteiger partial charge in [-0.25, -0.2) is 13.2 Å². The molecule has 0 heterocycles. The zero-order valence-electron chi connectivity index (χ0n) is 10.4. The molecule has 108 valence electrons. The molecule has 1 N–H and O–H groups in total. The van der Waals surface area contributed by atoms with Gasteiger partial charge in [-0.15, -0.1) is 0 Å². The standard InChI is InChI=1S/C14H7Cl2F3N2/c15-10-3-8(17)4-11(16)14(10)21-6-9-12(18)1-7(5-20)2-13(9)19/h1-4,21H,6H2. The molecule has 0 bridgehead atoms. The van der Waals surface area contributed by atoms with Gasteiger partial charge in [0.15, 0.2) is 0 Å². The van der Waals surface area contributed by atoms with E-state index in [1.807, 2.05) is 0 Å². The van der Waals surface area contributed by atoms with E-state index >= 15 is 0 Å². The van der Waals surface area contributed by atoms with Crippen molar-refractivity contribution in [1.82, 2.24) is 0 Å². The van der Waals surface area contributed by atoms with Gasteiger partial charge in [-0.1, -0.05) is 23.2 Å². The van der Waals surface area contributed by atoms with Crippen molar-refractivity contribution in [3.8, 4) is 6.07 Å². The molecule has 2 aromatic rings. The summed E-state index contributed by atoms with van der Waals surface area (Å²) in [5, 5.41) is 11.3. The molecule has 0 atom stereocenters. The fraction of sp³-hybridized carbons (Fsp3) is 0.0714. The molecule has 0 aromatic heterocycles. The number of nitrogens with zero attached hydrogens (tertiary/aromatic N) is 1. The van der Waals surface area contributed by atoms with Gasteiger partial charge >= 0.3 is 0 Å². The van der Waals surface area contributed by atoms with Crippen LogP contribution in [-0.4, -0.2) is 0 Å². The van der Waals surface area contributed by atoms with Gasteiger partial charge in [0.05, 0.1) is 27.4 Å². The molecule has 7 heteroatoms. The van der Waals surface area contributed by atoms with Crippen LogP contribution in [0.1, 0.15) is 11.1 Å². The predicted octanol–water partition coefficient (Wildman–Crippen LogP) is 4.89. The average Bonchev–Trinajstić information content (AvgIpc) is 2.39. The van der Waals surface area contributed by atoms with Crippen molar-refractivity contribution in [3.05, 3.63) is 62.9 Å². The Labute approximate surface area is 128 Å².